The van der Waals surface area contributed by atoms with Crippen molar-refractivity contribution in [3.63, 3.8) is 0 Å². The van der Waals surface area contributed by atoms with Gasteiger partial charge in [-0.1, -0.05) is 11.6 Å². The Hall–Kier alpha value is -4.19. The molecule has 1 aromatic carbocycles. The van der Waals surface area contributed by atoms with Crippen LogP contribution in [0.15, 0.2) is 49.1 Å². The second-order valence-corrected chi connectivity index (χ2v) is 6.35. The third-order valence-electron chi connectivity index (χ3n) is 4.38. The summed E-state index contributed by atoms with van der Waals surface area (Å²) in [5.74, 6) is 0.244. The van der Waals surface area contributed by atoms with Crippen molar-refractivity contribution in [3.8, 4) is 23.1 Å². The zero-order valence-electron chi connectivity index (χ0n) is 15.8. The van der Waals surface area contributed by atoms with Crippen LogP contribution in [-0.4, -0.2) is 37.4 Å². The molecule has 0 aliphatic rings. The molecule has 0 fully saturated rings. The molecule has 0 bridgehead atoms. The van der Waals surface area contributed by atoms with E-state index in [2.05, 4.69) is 26.6 Å². The van der Waals surface area contributed by atoms with E-state index in [0.717, 1.165) is 11.1 Å². The molecule has 0 atom stereocenters. The highest BCUT2D eigenvalue weighted by Crippen LogP contribution is 2.35. The third-order valence-corrected chi connectivity index (χ3v) is 4.38. The Morgan fingerprint density at radius 1 is 1.38 bits per heavy atom. The highest BCUT2D eigenvalue weighted by molar-refractivity contribution is 6.09. The molecule has 0 saturated carbocycles. The number of anilines is 1. The van der Waals surface area contributed by atoms with Gasteiger partial charge in [-0.3, -0.25) is 9.48 Å². The molecule has 9 heteroatoms. The molecule has 0 spiro atoms. The molecule has 1 N–H and O–H groups in total. The quantitative estimate of drug-likeness (QED) is 0.564. The van der Waals surface area contributed by atoms with Crippen molar-refractivity contribution >= 4 is 17.2 Å². The zero-order chi connectivity index (χ0) is 20.4. The molecule has 0 unspecified atom stereocenters. The largest absolute Gasteiger partial charge is 0.496 e. The van der Waals surface area contributed by atoms with Crippen LogP contribution in [0, 0.1) is 18.3 Å². The number of hydrogen-bond donors (Lipinski definition) is 1. The maximum atomic E-state index is 12.9. The fourth-order valence-corrected chi connectivity index (χ4v) is 3.05. The first kappa shape index (κ1) is 18.2. The van der Waals surface area contributed by atoms with Crippen LogP contribution in [0.2, 0.25) is 0 Å². The maximum Gasteiger partial charge on any atom is 0.261 e. The molecule has 0 aliphatic carbocycles. The molecule has 144 valence electrons. The van der Waals surface area contributed by atoms with E-state index >= 15 is 0 Å². The number of nitriles is 1. The number of methoxy groups -OCH3 is 1. The second kappa shape index (κ2) is 7.44. The molecule has 4 aromatic rings. The van der Waals surface area contributed by atoms with Gasteiger partial charge in [0.15, 0.2) is 5.65 Å². The number of fused-ring (bicyclic) bond motifs is 1. The molecule has 0 radical (unpaired) electrons. The summed E-state index contributed by atoms with van der Waals surface area (Å²) in [6.07, 6.45) is 6.40. The normalized spacial score (nSPS) is 10.7. The summed E-state index contributed by atoms with van der Waals surface area (Å²) in [6.45, 7) is 2.01. The number of nitrogens with one attached hydrogen (secondary N) is 1. The lowest BCUT2D eigenvalue weighted by Crippen LogP contribution is -2.12. The minimum atomic E-state index is -0.372. The summed E-state index contributed by atoms with van der Waals surface area (Å²) >= 11 is 0. The Bertz CT molecular complexity index is 1250. The number of aryl methyl sites for hydroxylation is 1. The molecule has 29 heavy (non-hydrogen) atoms. The number of rotatable bonds is 5. The fourth-order valence-electron chi connectivity index (χ4n) is 3.05. The van der Waals surface area contributed by atoms with E-state index in [-0.39, 0.29) is 12.5 Å². The smallest absolute Gasteiger partial charge is 0.261 e. The number of carbonyl (C=O) groups excluding carboxylic acids is 1. The first-order valence-electron chi connectivity index (χ1n) is 8.80. The SMILES string of the molecule is COc1ccc(C)cc1-c1nn(CC#N)cc1NC(=O)c1cnn2cccnc12. The van der Waals surface area contributed by atoms with E-state index in [0.29, 0.717) is 28.3 Å². The lowest BCUT2D eigenvalue weighted by atomic mass is 10.1. The van der Waals surface area contributed by atoms with Crippen LogP contribution in [0.25, 0.3) is 16.9 Å². The van der Waals surface area contributed by atoms with E-state index in [1.807, 2.05) is 25.1 Å². The Morgan fingerprint density at radius 3 is 3.03 bits per heavy atom. The topological polar surface area (TPSA) is 110 Å². The molecule has 3 aromatic heterocycles. The number of benzene rings is 1. The van der Waals surface area contributed by atoms with Gasteiger partial charge in [0.2, 0.25) is 0 Å². The predicted molar refractivity (Wildman–Crippen MR) is 106 cm³/mol. The van der Waals surface area contributed by atoms with Crippen molar-refractivity contribution in [2.24, 2.45) is 0 Å². The Labute approximate surface area is 166 Å². The first-order valence-corrected chi connectivity index (χ1v) is 8.80. The lowest BCUT2D eigenvalue weighted by molar-refractivity contribution is 0.102. The number of amides is 1. The molecule has 3 heterocycles. The van der Waals surface area contributed by atoms with E-state index in [9.17, 15) is 4.79 Å². The van der Waals surface area contributed by atoms with Crippen molar-refractivity contribution in [3.05, 3.63) is 60.2 Å². The van der Waals surface area contributed by atoms with Gasteiger partial charge in [0, 0.05) is 18.0 Å². The van der Waals surface area contributed by atoms with E-state index < -0.39 is 0 Å². The van der Waals surface area contributed by atoms with Crippen molar-refractivity contribution in [1.29, 1.82) is 5.26 Å². The van der Waals surface area contributed by atoms with Crippen molar-refractivity contribution in [2.75, 3.05) is 12.4 Å². The van der Waals surface area contributed by atoms with Gasteiger partial charge >= 0.3 is 0 Å². The number of hydrogen-bond acceptors (Lipinski definition) is 6. The summed E-state index contributed by atoms with van der Waals surface area (Å²) in [6, 6.07) is 9.48. The van der Waals surface area contributed by atoms with Crippen molar-refractivity contribution in [1.82, 2.24) is 24.4 Å². The molecule has 0 saturated heterocycles. The minimum Gasteiger partial charge on any atom is -0.496 e. The van der Waals surface area contributed by atoms with Gasteiger partial charge in [-0.05, 0) is 25.1 Å². The summed E-state index contributed by atoms with van der Waals surface area (Å²) in [5.41, 5.74) is 3.49. The molecular weight excluding hydrogens is 370 g/mol. The van der Waals surface area contributed by atoms with Gasteiger partial charge in [-0.2, -0.15) is 15.5 Å². The van der Waals surface area contributed by atoms with Crippen LogP contribution >= 0.6 is 0 Å². The summed E-state index contributed by atoms with van der Waals surface area (Å²) in [7, 11) is 1.57. The minimum absolute atomic E-state index is 0.0509. The standard InChI is InChI=1S/C20H17N7O2/c1-13-4-5-17(29-2)14(10-13)18-16(12-26(25-18)9-6-21)24-20(28)15-11-23-27-8-3-7-22-19(15)27/h3-5,7-8,10-12H,9H2,1-2H3,(H,24,28). The second-order valence-electron chi connectivity index (χ2n) is 6.35. The Balaban J connectivity index is 1.77. The molecule has 0 aliphatic heterocycles. The molecular formula is C20H17N7O2. The van der Waals surface area contributed by atoms with Gasteiger partial charge in [0.05, 0.1) is 31.3 Å². The van der Waals surface area contributed by atoms with E-state index in [1.54, 1.807) is 31.8 Å². The Kier molecular flexibility index (Phi) is 4.66. The predicted octanol–water partition coefficient (Wildman–Crippen LogP) is 2.69. The number of nitrogens with zero attached hydrogens (tertiary/aromatic N) is 6. The highest BCUT2D eigenvalue weighted by atomic mass is 16.5. The van der Waals surface area contributed by atoms with Crippen LogP contribution in [0.4, 0.5) is 5.69 Å². The van der Waals surface area contributed by atoms with E-state index in [1.165, 1.54) is 15.4 Å². The van der Waals surface area contributed by atoms with Crippen LogP contribution in [0.5, 0.6) is 5.75 Å². The van der Waals surface area contributed by atoms with Crippen molar-refractivity contribution < 1.29 is 9.53 Å². The zero-order valence-corrected chi connectivity index (χ0v) is 15.8. The van der Waals surface area contributed by atoms with Gasteiger partial charge < -0.3 is 10.1 Å². The average molecular weight is 387 g/mol. The van der Waals surface area contributed by atoms with Gasteiger partial charge in [-0.15, -0.1) is 0 Å². The monoisotopic (exact) mass is 387 g/mol. The first-order chi connectivity index (χ1) is 14.1. The average Bonchev–Trinajstić information content (AvgIpc) is 3.32. The lowest BCUT2D eigenvalue weighted by Gasteiger charge is -2.10. The summed E-state index contributed by atoms with van der Waals surface area (Å²) < 4.78 is 8.46. The van der Waals surface area contributed by atoms with Gasteiger partial charge in [0.1, 0.15) is 23.6 Å². The number of aromatic nitrogens is 5. The molecule has 1 amide bonds. The molecule has 9 nitrogen and oxygen atoms in total. The van der Waals surface area contributed by atoms with Crippen LogP contribution in [0.3, 0.4) is 0 Å². The van der Waals surface area contributed by atoms with E-state index in [4.69, 9.17) is 10.00 Å². The van der Waals surface area contributed by atoms with Crippen LogP contribution < -0.4 is 10.1 Å². The highest BCUT2D eigenvalue weighted by Gasteiger charge is 2.20. The fraction of sp³-hybridized carbons (Fsp3) is 0.150. The Morgan fingerprint density at radius 2 is 2.24 bits per heavy atom. The van der Waals surface area contributed by atoms with Gasteiger partial charge in [0.25, 0.3) is 5.91 Å². The van der Waals surface area contributed by atoms with Crippen LogP contribution in [0.1, 0.15) is 15.9 Å². The van der Waals surface area contributed by atoms with Crippen molar-refractivity contribution in [2.45, 2.75) is 13.5 Å². The molecule has 4 rings (SSSR count). The summed E-state index contributed by atoms with van der Waals surface area (Å²) in [4.78, 5) is 17.1. The number of ether oxygens (including phenoxy) is 1. The maximum absolute atomic E-state index is 12.9. The van der Waals surface area contributed by atoms with Gasteiger partial charge in [-0.25, -0.2) is 9.50 Å². The summed E-state index contributed by atoms with van der Waals surface area (Å²) in [5, 5.41) is 20.5. The number of carbonyl (C=O) groups is 1. The third kappa shape index (κ3) is 3.39. The van der Waals surface area contributed by atoms with Crippen LogP contribution in [-0.2, 0) is 6.54 Å².